The number of nitrogens with one attached hydrogen (secondary N) is 1. The number of ether oxygens (including phenoxy) is 1. The largest absolute Gasteiger partial charge is 0.444 e. The predicted octanol–water partition coefficient (Wildman–Crippen LogP) is 1.66. The van der Waals surface area contributed by atoms with Gasteiger partial charge in [-0.3, -0.25) is 0 Å². The Kier molecular flexibility index (Phi) is 3.28. The van der Waals surface area contributed by atoms with Crippen molar-refractivity contribution in [2.24, 2.45) is 0 Å². The zero-order valence-corrected chi connectivity index (χ0v) is 9.27. The molecule has 0 radical (unpaired) electrons. The monoisotopic (exact) mass is 213 g/mol. The number of nitrogens with zero attached hydrogens (tertiary/aromatic N) is 2. The van der Waals surface area contributed by atoms with Crippen molar-refractivity contribution in [2.75, 3.05) is 0 Å². The van der Waals surface area contributed by atoms with Crippen molar-refractivity contribution in [3.63, 3.8) is 0 Å². The smallest absolute Gasteiger partial charge is 0.408 e. The number of hydrogen-bond acceptors (Lipinski definition) is 5. The number of carbonyl (C=O) groups excluding carboxylic acids is 1. The van der Waals surface area contributed by atoms with Gasteiger partial charge in [0.1, 0.15) is 11.6 Å². The van der Waals surface area contributed by atoms with Crippen LogP contribution in [0.25, 0.3) is 0 Å². The van der Waals surface area contributed by atoms with Crippen LogP contribution in [-0.2, 0) is 4.74 Å². The molecule has 0 aromatic carbocycles. The SMILES string of the molecule is CC(NC(=O)OC(C)(C)C)c1nnco1. The van der Waals surface area contributed by atoms with E-state index in [9.17, 15) is 4.79 Å². The highest BCUT2D eigenvalue weighted by Crippen LogP contribution is 2.11. The van der Waals surface area contributed by atoms with Crippen molar-refractivity contribution < 1.29 is 13.9 Å². The lowest BCUT2D eigenvalue weighted by Gasteiger charge is -2.20. The number of carbonyl (C=O) groups is 1. The van der Waals surface area contributed by atoms with Crippen molar-refractivity contribution in [3.05, 3.63) is 12.3 Å². The van der Waals surface area contributed by atoms with Gasteiger partial charge in [-0.15, -0.1) is 10.2 Å². The van der Waals surface area contributed by atoms with Gasteiger partial charge in [-0.05, 0) is 27.7 Å². The fraction of sp³-hybridized carbons (Fsp3) is 0.667. The molecule has 1 heterocycles. The summed E-state index contributed by atoms with van der Waals surface area (Å²) in [4.78, 5) is 11.3. The molecule has 6 nitrogen and oxygen atoms in total. The highest BCUT2D eigenvalue weighted by atomic mass is 16.6. The second kappa shape index (κ2) is 4.29. The minimum Gasteiger partial charge on any atom is -0.444 e. The number of aromatic nitrogens is 2. The predicted molar refractivity (Wildman–Crippen MR) is 52.1 cm³/mol. The Morgan fingerprint density at radius 3 is 2.73 bits per heavy atom. The summed E-state index contributed by atoms with van der Waals surface area (Å²) in [5.41, 5.74) is -0.515. The van der Waals surface area contributed by atoms with Crippen LogP contribution in [0.2, 0.25) is 0 Å². The molecule has 1 unspecified atom stereocenters. The first-order valence-electron chi connectivity index (χ1n) is 4.64. The van der Waals surface area contributed by atoms with Gasteiger partial charge in [-0.1, -0.05) is 0 Å². The van der Waals surface area contributed by atoms with Crippen LogP contribution in [0.1, 0.15) is 39.6 Å². The van der Waals surface area contributed by atoms with Gasteiger partial charge in [0.15, 0.2) is 0 Å². The molecule has 1 atom stereocenters. The quantitative estimate of drug-likeness (QED) is 0.808. The van der Waals surface area contributed by atoms with Crippen molar-refractivity contribution in [2.45, 2.75) is 39.3 Å². The summed E-state index contributed by atoms with van der Waals surface area (Å²) in [7, 11) is 0. The first kappa shape index (κ1) is 11.5. The topological polar surface area (TPSA) is 77.2 Å². The van der Waals surface area contributed by atoms with Crippen molar-refractivity contribution in [1.29, 1.82) is 0 Å². The minimum absolute atomic E-state index is 0.348. The van der Waals surface area contributed by atoms with Gasteiger partial charge in [0.05, 0.1) is 0 Å². The number of amides is 1. The zero-order chi connectivity index (χ0) is 11.5. The van der Waals surface area contributed by atoms with Crippen LogP contribution in [-0.4, -0.2) is 21.9 Å². The molecule has 0 fully saturated rings. The number of hydrogen-bond donors (Lipinski definition) is 1. The maximum absolute atomic E-state index is 11.3. The molecule has 0 aliphatic heterocycles. The van der Waals surface area contributed by atoms with Gasteiger partial charge in [0.25, 0.3) is 0 Å². The summed E-state index contributed by atoms with van der Waals surface area (Å²) in [6.07, 6.45) is 0.705. The van der Waals surface area contributed by atoms with Crippen LogP contribution in [0.5, 0.6) is 0 Å². The van der Waals surface area contributed by atoms with E-state index in [1.54, 1.807) is 27.7 Å². The lowest BCUT2D eigenvalue weighted by molar-refractivity contribution is 0.0501. The molecule has 0 aliphatic rings. The Labute approximate surface area is 88.0 Å². The van der Waals surface area contributed by atoms with Crippen LogP contribution in [0.4, 0.5) is 4.79 Å². The standard InChI is InChI=1S/C9H15N3O3/c1-6(7-12-10-5-14-7)11-8(13)15-9(2,3)4/h5-6H,1-4H3,(H,11,13). The summed E-state index contributed by atoms with van der Waals surface area (Å²) >= 11 is 0. The first-order chi connectivity index (χ1) is 6.88. The molecular weight excluding hydrogens is 198 g/mol. The van der Waals surface area contributed by atoms with Gasteiger partial charge in [-0.25, -0.2) is 4.79 Å². The Hall–Kier alpha value is -1.59. The van der Waals surface area contributed by atoms with E-state index < -0.39 is 11.7 Å². The third kappa shape index (κ3) is 3.97. The van der Waals surface area contributed by atoms with Crippen molar-refractivity contribution >= 4 is 6.09 Å². The van der Waals surface area contributed by atoms with E-state index in [-0.39, 0.29) is 6.04 Å². The summed E-state index contributed by atoms with van der Waals surface area (Å²) in [6.45, 7) is 7.12. The first-order valence-corrected chi connectivity index (χ1v) is 4.64. The van der Waals surface area contributed by atoms with Gasteiger partial charge in [0.2, 0.25) is 12.3 Å². The molecule has 1 rings (SSSR count). The normalized spacial score (nSPS) is 13.3. The number of rotatable bonds is 2. The molecule has 6 heteroatoms. The molecule has 84 valence electrons. The lowest BCUT2D eigenvalue weighted by Crippen LogP contribution is -2.34. The maximum atomic E-state index is 11.3. The van der Waals surface area contributed by atoms with Crippen LogP contribution in [0.3, 0.4) is 0 Å². The average molecular weight is 213 g/mol. The Morgan fingerprint density at radius 1 is 1.60 bits per heavy atom. The second-order valence-corrected chi connectivity index (χ2v) is 4.14. The van der Waals surface area contributed by atoms with Gasteiger partial charge in [-0.2, -0.15) is 0 Å². The fourth-order valence-electron chi connectivity index (χ4n) is 0.916. The van der Waals surface area contributed by atoms with Crippen molar-refractivity contribution in [1.82, 2.24) is 15.5 Å². The average Bonchev–Trinajstić information content (AvgIpc) is 2.50. The third-order valence-corrected chi connectivity index (χ3v) is 1.48. The van der Waals surface area contributed by atoms with Crippen LogP contribution in [0, 0.1) is 0 Å². The van der Waals surface area contributed by atoms with Crippen molar-refractivity contribution in [3.8, 4) is 0 Å². The molecule has 1 amide bonds. The maximum Gasteiger partial charge on any atom is 0.408 e. The fourth-order valence-corrected chi connectivity index (χ4v) is 0.916. The van der Waals surface area contributed by atoms with Crippen LogP contribution < -0.4 is 5.32 Å². The summed E-state index contributed by atoms with van der Waals surface area (Å²) in [6, 6.07) is -0.359. The molecule has 0 saturated carbocycles. The van der Waals surface area contributed by atoms with E-state index in [1.165, 1.54) is 6.39 Å². The zero-order valence-electron chi connectivity index (χ0n) is 9.27. The Bertz CT molecular complexity index is 316. The van der Waals surface area contributed by atoms with E-state index in [0.717, 1.165) is 0 Å². The van der Waals surface area contributed by atoms with Gasteiger partial charge in [0, 0.05) is 0 Å². The lowest BCUT2D eigenvalue weighted by atomic mass is 10.2. The molecule has 1 aromatic rings. The molecule has 1 N–H and O–H groups in total. The van der Waals surface area contributed by atoms with E-state index in [0.29, 0.717) is 5.89 Å². The van der Waals surface area contributed by atoms with E-state index >= 15 is 0 Å². The van der Waals surface area contributed by atoms with Crippen LogP contribution >= 0.6 is 0 Å². The minimum atomic E-state index is -0.515. The summed E-state index contributed by atoms with van der Waals surface area (Å²) in [5.74, 6) is 0.348. The molecule has 0 saturated heterocycles. The molecule has 0 spiro atoms. The molecular formula is C9H15N3O3. The second-order valence-electron chi connectivity index (χ2n) is 4.14. The summed E-state index contributed by atoms with van der Waals surface area (Å²) in [5, 5.41) is 9.78. The molecule has 0 bridgehead atoms. The highest BCUT2D eigenvalue weighted by molar-refractivity contribution is 5.68. The van der Waals surface area contributed by atoms with Crippen LogP contribution in [0.15, 0.2) is 10.8 Å². The Morgan fingerprint density at radius 2 is 2.27 bits per heavy atom. The van der Waals surface area contributed by atoms with E-state index in [1.807, 2.05) is 0 Å². The number of alkyl carbamates (subject to hydrolysis) is 1. The molecule has 15 heavy (non-hydrogen) atoms. The Balaban J connectivity index is 2.45. The summed E-state index contributed by atoms with van der Waals surface area (Å²) < 4.78 is 10.0. The van der Waals surface area contributed by atoms with E-state index in [4.69, 9.17) is 9.15 Å². The third-order valence-electron chi connectivity index (χ3n) is 1.48. The van der Waals surface area contributed by atoms with Gasteiger partial charge < -0.3 is 14.5 Å². The highest BCUT2D eigenvalue weighted by Gasteiger charge is 2.19. The van der Waals surface area contributed by atoms with Gasteiger partial charge >= 0.3 is 6.09 Å². The molecule has 1 aromatic heterocycles. The van der Waals surface area contributed by atoms with E-state index in [2.05, 4.69) is 15.5 Å². The molecule has 0 aliphatic carbocycles.